The second-order valence-electron chi connectivity index (χ2n) is 4.08. The molecule has 2 rings (SSSR count). The second-order valence-corrected chi connectivity index (χ2v) is 6.10. The number of nitrogens with one attached hydrogen (secondary N) is 1. The van der Waals surface area contributed by atoms with Crippen molar-refractivity contribution < 1.29 is 4.42 Å². The highest BCUT2D eigenvalue weighted by atomic mass is 127. The van der Waals surface area contributed by atoms with Gasteiger partial charge in [-0.2, -0.15) is 0 Å². The predicted molar refractivity (Wildman–Crippen MR) is 86.7 cm³/mol. The molecule has 0 saturated carbocycles. The van der Waals surface area contributed by atoms with Crippen molar-refractivity contribution in [3.05, 3.63) is 44.1 Å². The van der Waals surface area contributed by atoms with Crippen LogP contribution >= 0.6 is 38.5 Å². The van der Waals surface area contributed by atoms with Gasteiger partial charge in [0, 0.05) is 13.6 Å². The normalized spacial score (nSPS) is 12.7. The Labute approximate surface area is 129 Å². The predicted octanol–water partition coefficient (Wildman–Crippen LogP) is 4.98. The molecule has 1 atom stereocenters. The highest BCUT2D eigenvalue weighted by molar-refractivity contribution is 14.1. The summed E-state index contributed by atoms with van der Waals surface area (Å²) in [4.78, 5) is 0. The van der Waals surface area contributed by atoms with Gasteiger partial charge in [0.25, 0.3) is 0 Å². The molecule has 1 aromatic heterocycles. The molecule has 2 aromatic rings. The maximum atomic E-state index is 5.92. The summed E-state index contributed by atoms with van der Waals surface area (Å²) in [6.07, 6.45) is 1.01. The highest BCUT2D eigenvalue weighted by Gasteiger charge is 2.12. The van der Waals surface area contributed by atoms with Crippen LogP contribution in [0.5, 0.6) is 0 Å². The summed E-state index contributed by atoms with van der Waals surface area (Å²) in [5.74, 6) is 1.90. The number of furan rings is 1. The lowest BCUT2D eigenvalue weighted by atomic mass is 10.1. The fourth-order valence-corrected chi connectivity index (χ4v) is 2.61. The van der Waals surface area contributed by atoms with Gasteiger partial charge in [-0.3, -0.25) is 0 Å². The van der Waals surface area contributed by atoms with Crippen LogP contribution in [0.2, 0.25) is 0 Å². The Kier molecular flexibility index (Phi) is 4.86. The standard InChI is InChI=1S/C14H15BrINO/c1-3-12(17-2)14-7-6-13(18-14)9-4-5-11(16)10(15)8-9/h4-8,12,17H,3H2,1-2H3. The fourth-order valence-electron chi connectivity index (χ4n) is 1.89. The molecule has 0 spiro atoms. The van der Waals surface area contributed by atoms with Crippen LogP contribution in [-0.2, 0) is 0 Å². The molecule has 96 valence electrons. The largest absolute Gasteiger partial charge is 0.459 e. The van der Waals surface area contributed by atoms with Crippen molar-refractivity contribution in [2.45, 2.75) is 19.4 Å². The number of hydrogen-bond donors (Lipinski definition) is 1. The number of hydrogen-bond acceptors (Lipinski definition) is 2. The molecule has 0 amide bonds. The third-order valence-corrected chi connectivity index (χ3v) is 5.27. The monoisotopic (exact) mass is 419 g/mol. The first kappa shape index (κ1) is 14.1. The van der Waals surface area contributed by atoms with Gasteiger partial charge in [-0.05, 0) is 76.3 Å². The molecule has 1 unspecified atom stereocenters. The van der Waals surface area contributed by atoms with Crippen LogP contribution in [0.1, 0.15) is 25.1 Å². The molecule has 0 aliphatic carbocycles. The Balaban J connectivity index is 2.31. The van der Waals surface area contributed by atoms with Gasteiger partial charge < -0.3 is 9.73 Å². The van der Waals surface area contributed by atoms with Gasteiger partial charge >= 0.3 is 0 Å². The quantitative estimate of drug-likeness (QED) is 0.706. The van der Waals surface area contributed by atoms with Gasteiger partial charge in [-0.25, -0.2) is 0 Å². The van der Waals surface area contributed by atoms with E-state index in [1.54, 1.807) is 0 Å². The Bertz CT molecular complexity index is 534. The Morgan fingerprint density at radius 1 is 1.33 bits per heavy atom. The summed E-state index contributed by atoms with van der Waals surface area (Å²) in [5.41, 5.74) is 1.10. The van der Waals surface area contributed by atoms with Crippen molar-refractivity contribution in [2.75, 3.05) is 7.05 Å². The lowest BCUT2D eigenvalue weighted by Crippen LogP contribution is -2.14. The lowest BCUT2D eigenvalue weighted by molar-refractivity contribution is 0.431. The van der Waals surface area contributed by atoms with Crippen LogP contribution in [0, 0.1) is 3.57 Å². The van der Waals surface area contributed by atoms with Crippen molar-refractivity contribution in [3.63, 3.8) is 0 Å². The average molecular weight is 420 g/mol. The molecule has 0 fully saturated rings. The molecule has 0 aliphatic heterocycles. The van der Waals surface area contributed by atoms with E-state index in [0.29, 0.717) is 0 Å². The summed E-state index contributed by atoms with van der Waals surface area (Å²) in [5, 5.41) is 3.25. The van der Waals surface area contributed by atoms with Gasteiger partial charge in [0.15, 0.2) is 0 Å². The molecule has 0 aliphatic rings. The molecule has 0 saturated heterocycles. The molecule has 1 N–H and O–H groups in total. The maximum Gasteiger partial charge on any atom is 0.134 e. The van der Waals surface area contributed by atoms with Crippen molar-refractivity contribution in [2.24, 2.45) is 0 Å². The van der Waals surface area contributed by atoms with Crippen molar-refractivity contribution in [1.82, 2.24) is 5.32 Å². The van der Waals surface area contributed by atoms with E-state index in [1.807, 2.05) is 19.2 Å². The zero-order valence-corrected chi connectivity index (χ0v) is 14.1. The van der Waals surface area contributed by atoms with Gasteiger partial charge in [0.05, 0.1) is 6.04 Å². The van der Waals surface area contributed by atoms with Crippen LogP contribution in [0.25, 0.3) is 11.3 Å². The van der Waals surface area contributed by atoms with Gasteiger partial charge in [0.1, 0.15) is 11.5 Å². The average Bonchev–Trinajstić information content (AvgIpc) is 2.84. The summed E-state index contributed by atoms with van der Waals surface area (Å²) in [6, 6.07) is 10.6. The first-order chi connectivity index (χ1) is 8.65. The molecule has 1 aromatic carbocycles. The molecular weight excluding hydrogens is 405 g/mol. The van der Waals surface area contributed by atoms with E-state index in [4.69, 9.17) is 4.42 Å². The first-order valence-corrected chi connectivity index (χ1v) is 7.75. The third-order valence-electron chi connectivity index (χ3n) is 2.93. The Morgan fingerprint density at radius 2 is 2.11 bits per heavy atom. The summed E-state index contributed by atoms with van der Waals surface area (Å²) >= 11 is 5.85. The molecule has 1 heterocycles. The minimum Gasteiger partial charge on any atom is -0.459 e. The Morgan fingerprint density at radius 3 is 2.72 bits per heavy atom. The molecule has 2 nitrogen and oxygen atoms in total. The van der Waals surface area contributed by atoms with Gasteiger partial charge in [0.2, 0.25) is 0 Å². The van der Waals surface area contributed by atoms with E-state index in [-0.39, 0.29) is 6.04 Å². The summed E-state index contributed by atoms with van der Waals surface area (Å²) in [7, 11) is 1.96. The number of halogens is 2. The minimum absolute atomic E-state index is 0.283. The van der Waals surface area contributed by atoms with E-state index < -0.39 is 0 Å². The fraction of sp³-hybridized carbons (Fsp3) is 0.286. The third kappa shape index (κ3) is 2.97. The molecule has 0 bridgehead atoms. The van der Waals surface area contributed by atoms with Crippen LogP contribution in [0.4, 0.5) is 0 Å². The molecule has 18 heavy (non-hydrogen) atoms. The minimum atomic E-state index is 0.283. The highest BCUT2D eigenvalue weighted by Crippen LogP contribution is 2.30. The SMILES string of the molecule is CCC(NC)c1ccc(-c2ccc(I)c(Br)c2)o1. The number of benzene rings is 1. The summed E-state index contributed by atoms with van der Waals surface area (Å²) < 4.78 is 8.22. The van der Waals surface area contributed by atoms with Crippen molar-refractivity contribution in [1.29, 1.82) is 0 Å². The zero-order valence-electron chi connectivity index (χ0n) is 10.3. The summed E-state index contributed by atoms with van der Waals surface area (Å²) in [6.45, 7) is 2.14. The van der Waals surface area contributed by atoms with Crippen LogP contribution < -0.4 is 5.32 Å². The number of rotatable bonds is 4. The van der Waals surface area contributed by atoms with Gasteiger partial charge in [-0.1, -0.05) is 13.0 Å². The zero-order chi connectivity index (χ0) is 13.1. The molecule has 0 radical (unpaired) electrons. The van der Waals surface area contributed by atoms with E-state index in [9.17, 15) is 0 Å². The van der Waals surface area contributed by atoms with Crippen molar-refractivity contribution >= 4 is 38.5 Å². The van der Waals surface area contributed by atoms with E-state index in [2.05, 4.69) is 69.0 Å². The van der Waals surface area contributed by atoms with Crippen LogP contribution in [-0.4, -0.2) is 7.05 Å². The van der Waals surface area contributed by atoms with Gasteiger partial charge in [-0.15, -0.1) is 0 Å². The van der Waals surface area contributed by atoms with Crippen LogP contribution in [0.3, 0.4) is 0 Å². The smallest absolute Gasteiger partial charge is 0.134 e. The molecular formula is C14H15BrINO. The first-order valence-electron chi connectivity index (χ1n) is 5.88. The maximum absolute atomic E-state index is 5.92. The van der Waals surface area contributed by atoms with E-state index >= 15 is 0 Å². The topological polar surface area (TPSA) is 25.2 Å². The second kappa shape index (κ2) is 6.21. The van der Waals surface area contributed by atoms with E-state index in [1.165, 1.54) is 3.57 Å². The lowest BCUT2D eigenvalue weighted by Gasteiger charge is -2.10. The van der Waals surface area contributed by atoms with Crippen molar-refractivity contribution in [3.8, 4) is 11.3 Å². The van der Waals surface area contributed by atoms with E-state index in [0.717, 1.165) is 28.0 Å². The molecule has 4 heteroatoms. The Hall–Kier alpha value is -0.330. The van der Waals surface area contributed by atoms with Crippen LogP contribution in [0.15, 0.2) is 39.2 Å².